The van der Waals surface area contributed by atoms with E-state index in [1.807, 2.05) is 13.1 Å². The lowest BCUT2D eigenvalue weighted by Gasteiger charge is -2.35. The van der Waals surface area contributed by atoms with Crippen molar-refractivity contribution in [1.82, 2.24) is 5.32 Å². The average molecular weight is 385 g/mol. The quantitative estimate of drug-likeness (QED) is 0.800. The van der Waals surface area contributed by atoms with Crippen LogP contribution in [0.5, 0.6) is 0 Å². The molecule has 1 aliphatic heterocycles. The molecule has 0 spiro atoms. The lowest BCUT2D eigenvalue weighted by molar-refractivity contribution is 0.553. The standard InChI is InChI=1S/C18H21FN2O2S.ClH/c1-20-11-5-8-17-13-14-12-15(19)9-10-18(14)21(24(17,22)23)16-6-3-2-4-7-16;/h2-4,6-7,9-10,12,17,20H,5,8,11,13H2,1H3;1H. The Kier molecular flexibility index (Phi) is 6.43. The molecule has 1 aliphatic rings. The molecule has 3 rings (SSSR count). The van der Waals surface area contributed by atoms with Crippen LogP contribution in [0.15, 0.2) is 48.5 Å². The molecule has 1 unspecified atom stereocenters. The molecule has 0 saturated carbocycles. The molecule has 1 heterocycles. The molecular formula is C18H22ClFN2O2S. The number of nitrogens with one attached hydrogen (secondary N) is 1. The Balaban J connectivity index is 0.00000225. The van der Waals surface area contributed by atoms with Crippen LogP contribution in [-0.2, 0) is 16.4 Å². The van der Waals surface area contributed by atoms with Gasteiger partial charge in [0.1, 0.15) is 5.82 Å². The lowest BCUT2D eigenvalue weighted by atomic mass is 10.0. The molecule has 25 heavy (non-hydrogen) atoms. The molecule has 7 heteroatoms. The van der Waals surface area contributed by atoms with Crippen molar-refractivity contribution >= 4 is 33.8 Å². The van der Waals surface area contributed by atoms with Crippen LogP contribution in [0.25, 0.3) is 0 Å². The summed E-state index contributed by atoms with van der Waals surface area (Å²) in [6, 6.07) is 13.3. The Morgan fingerprint density at radius 3 is 2.60 bits per heavy atom. The first-order valence-electron chi connectivity index (χ1n) is 8.06. The smallest absolute Gasteiger partial charge is 0.242 e. The molecule has 1 atom stereocenters. The molecular weight excluding hydrogens is 363 g/mol. The van der Waals surface area contributed by atoms with Crippen LogP contribution in [0.3, 0.4) is 0 Å². The van der Waals surface area contributed by atoms with E-state index in [2.05, 4.69) is 5.32 Å². The highest BCUT2D eigenvalue weighted by Crippen LogP contribution is 2.40. The molecule has 2 aromatic carbocycles. The third-order valence-electron chi connectivity index (χ3n) is 4.33. The Morgan fingerprint density at radius 2 is 1.92 bits per heavy atom. The molecule has 4 nitrogen and oxygen atoms in total. The van der Waals surface area contributed by atoms with E-state index in [1.54, 1.807) is 30.3 Å². The van der Waals surface area contributed by atoms with E-state index in [0.29, 0.717) is 24.2 Å². The highest BCUT2D eigenvalue weighted by atomic mass is 35.5. The largest absolute Gasteiger partial charge is 0.320 e. The predicted molar refractivity (Wildman–Crippen MR) is 102 cm³/mol. The van der Waals surface area contributed by atoms with Crippen molar-refractivity contribution in [1.29, 1.82) is 0 Å². The van der Waals surface area contributed by atoms with Crippen molar-refractivity contribution in [3.05, 3.63) is 59.9 Å². The first-order valence-corrected chi connectivity index (χ1v) is 9.56. The summed E-state index contributed by atoms with van der Waals surface area (Å²) in [5.74, 6) is -0.338. The van der Waals surface area contributed by atoms with Gasteiger partial charge in [-0.1, -0.05) is 18.2 Å². The Labute approximate surface area is 154 Å². The first kappa shape index (κ1) is 19.7. The topological polar surface area (TPSA) is 49.4 Å². The van der Waals surface area contributed by atoms with Gasteiger partial charge in [0, 0.05) is 0 Å². The number of fused-ring (bicyclic) bond motifs is 1. The minimum atomic E-state index is -3.54. The second kappa shape index (κ2) is 8.17. The second-order valence-corrected chi connectivity index (χ2v) is 8.05. The van der Waals surface area contributed by atoms with Crippen LogP contribution in [0.4, 0.5) is 15.8 Å². The van der Waals surface area contributed by atoms with E-state index in [-0.39, 0.29) is 18.2 Å². The number of para-hydroxylation sites is 1. The number of rotatable bonds is 5. The maximum absolute atomic E-state index is 13.7. The normalized spacial score (nSPS) is 18.3. The van der Waals surface area contributed by atoms with Crippen LogP contribution in [0.2, 0.25) is 0 Å². The van der Waals surface area contributed by atoms with Crippen LogP contribution < -0.4 is 9.62 Å². The second-order valence-electron chi connectivity index (χ2n) is 5.99. The zero-order valence-corrected chi connectivity index (χ0v) is 15.6. The molecule has 2 aromatic rings. The summed E-state index contributed by atoms with van der Waals surface area (Å²) >= 11 is 0. The number of benzene rings is 2. The maximum atomic E-state index is 13.7. The number of hydrogen-bond acceptors (Lipinski definition) is 3. The van der Waals surface area contributed by atoms with Crippen molar-refractivity contribution in [2.45, 2.75) is 24.5 Å². The van der Waals surface area contributed by atoms with E-state index < -0.39 is 15.3 Å². The van der Waals surface area contributed by atoms with Crippen LogP contribution in [0, 0.1) is 5.82 Å². The number of halogens is 2. The summed E-state index contributed by atoms with van der Waals surface area (Å²) in [5.41, 5.74) is 1.87. The van der Waals surface area contributed by atoms with Crippen molar-refractivity contribution in [2.24, 2.45) is 0 Å². The third kappa shape index (κ3) is 3.97. The van der Waals surface area contributed by atoms with E-state index in [1.165, 1.54) is 16.4 Å². The fraction of sp³-hybridized carbons (Fsp3) is 0.333. The highest BCUT2D eigenvalue weighted by Gasteiger charge is 2.39. The van der Waals surface area contributed by atoms with Crippen LogP contribution >= 0.6 is 12.4 Å². The van der Waals surface area contributed by atoms with Crippen molar-refractivity contribution in [2.75, 3.05) is 17.9 Å². The molecule has 0 aromatic heterocycles. The van der Waals surface area contributed by atoms with Gasteiger partial charge in [-0.3, -0.25) is 0 Å². The van der Waals surface area contributed by atoms with Crippen LogP contribution in [-0.4, -0.2) is 27.3 Å². The van der Waals surface area contributed by atoms with Gasteiger partial charge in [0.15, 0.2) is 0 Å². The van der Waals surface area contributed by atoms with E-state index >= 15 is 0 Å². The number of hydrogen-bond donors (Lipinski definition) is 1. The average Bonchev–Trinajstić information content (AvgIpc) is 2.56. The number of nitrogens with zero attached hydrogens (tertiary/aromatic N) is 1. The number of sulfonamides is 1. The summed E-state index contributed by atoms with van der Waals surface area (Å²) < 4.78 is 41.4. The Bertz CT molecular complexity index is 815. The SMILES string of the molecule is CNCCCC1Cc2cc(F)ccc2N(c2ccccc2)S1(=O)=O.Cl. The molecule has 0 saturated heterocycles. The predicted octanol–water partition coefficient (Wildman–Crippen LogP) is 3.64. The molecule has 0 bridgehead atoms. The molecule has 0 radical (unpaired) electrons. The summed E-state index contributed by atoms with van der Waals surface area (Å²) in [6.45, 7) is 0.757. The van der Waals surface area contributed by atoms with Gasteiger partial charge in [0.2, 0.25) is 10.0 Å². The fourth-order valence-corrected chi connectivity index (χ4v) is 5.18. The van der Waals surface area contributed by atoms with Gasteiger partial charge in [-0.15, -0.1) is 12.4 Å². The molecule has 1 N–H and O–H groups in total. The highest BCUT2D eigenvalue weighted by molar-refractivity contribution is 7.93. The van der Waals surface area contributed by atoms with Gasteiger partial charge in [-0.2, -0.15) is 0 Å². The molecule has 136 valence electrons. The van der Waals surface area contributed by atoms with Gasteiger partial charge in [-0.25, -0.2) is 17.1 Å². The third-order valence-corrected chi connectivity index (χ3v) is 6.49. The maximum Gasteiger partial charge on any atom is 0.242 e. The monoisotopic (exact) mass is 384 g/mol. The Morgan fingerprint density at radius 1 is 1.20 bits per heavy atom. The minimum absolute atomic E-state index is 0. The minimum Gasteiger partial charge on any atom is -0.320 e. The van der Waals surface area contributed by atoms with E-state index in [0.717, 1.165) is 18.5 Å². The summed E-state index contributed by atoms with van der Waals surface area (Å²) in [6.07, 6.45) is 1.65. The van der Waals surface area contributed by atoms with Gasteiger partial charge < -0.3 is 5.32 Å². The van der Waals surface area contributed by atoms with Crippen molar-refractivity contribution in [3.8, 4) is 0 Å². The first-order chi connectivity index (χ1) is 11.5. The van der Waals surface area contributed by atoms with Gasteiger partial charge in [0.25, 0.3) is 0 Å². The van der Waals surface area contributed by atoms with Crippen molar-refractivity contribution < 1.29 is 12.8 Å². The van der Waals surface area contributed by atoms with Gasteiger partial charge in [0.05, 0.1) is 16.6 Å². The molecule has 0 fully saturated rings. The zero-order valence-electron chi connectivity index (χ0n) is 14.0. The van der Waals surface area contributed by atoms with Gasteiger partial charge in [-0.05, 0) is 68.8 Å². The van der Waals surface area contributed by atoms with Crippen LogP contribution in [0.1, 0.15) is 18.4 Å². The molecule has 0 aliphatic carbocycles. The van der Waals surface area contributed by atoms with E-state index in [4.69, 9.17) is 0 Å². The van der Waals surface area contributed by atoms with Crippen molar-refractivity contribution in [3.63, 3.8) is 0 Å². The fourth-order valence-electron chi connectivity index (χ4n) is 3.16. The van der Waals surface area contributed by atoms with Gasteiger partial charge >= 0.3 is 0 Å². The molecule has 0 amide bonds. The zero-order chi connectivity index (χ0) is 17.2. The summed E-state index contributed by atoms with van der Waals surface area (Å²) in [5, 5.41) is 2.50. The number of anilines is 2. The summed E-state index contributed by atoms with van der Waals surface area (Å²) in [4.78, 5) is 0. The summed E-state index contributed by atoms with van der Waals surface area (Å²) in [7, 11) is -1.70. The van der Waals surface area contributed by atoms with E-state index in [9.17, 15) is 12.8 Å². The lowest BCUT2D eigenvalue weighted by Crippen LogP contribution is -2.41. The Hall–Kier alpha value is -1.63.